The van der Waals surface area contributed by atoms with Gasteiger partial charge in [0.15, 0.2) is 5.82 Å². The number of anilines is 1. The molecule has 0 spiro atoms. The minimum absolute atomic E-state index is 0.225. The van der Waals surface area contributed by atoms with E-state index in [1.54, 1.807) is 24.3 Å². The standard InChI is InChI=1S/C14H17N3O3S/c1-7-5-12(17-20-7)16-14(19)13(18)15-9(3)11-6-8(2)21-10(11)4/h5-6,9H,1-4H3,(H,15,18)(H,16,17,19)/t9-/m1/s1. The van der Waals surface area contributed by atoms with Crippen molar-refractivity contribution in [2.75, 3.05) is 5.32 Å². The molecule has 0 radical (unpaired) electrons. The molecule has 112 valence electrons. The summed E-state index contributed by atoms with van der Waals surface area (Å²) < 4.78 is 4.82. The van der Waals surface area contributed by atoms with E-state index in [9.17, 15) is 9.59 Å². The second-order valence-corrected chi connectivity index (χ2v) is 6.30. The molecule has 2 heterocycles. The molecule has 2 aromatic rings. The summed E-state index contributed by atoms with van der Waals surface area (Å²) in [6.07, 6.45) is 0. The topological polar surface area (TPSA) is 84.2 Å². The third-order valence-corrected chi connectivity index (χ3v) is 3.95. The van der Waals surface area contributed by atoms with Gasteiger partial charge in [-0.15, -0.1) is 11.3 Å². The van der Waals surface area contributed by atoms with Gasteiger partial charge in [0.1, 0.15) is 5.76 Å². The maximum atomic E-state index is 11.9. The largest absolute Gasteiger partial charge is 0.360 e. The van der Waals surface area contributed by atoms with Crippen molar-refractivity contribution < 1.29 is 14.1 Å². The highest BCUT2D eigenvalue weighted by molar-refractivity contribution is 7.12. The molecule has 0 aliphatic rings. The van der Waals surface area contributed by atoms with Crippen molar-refractivity contribution in [3.05, 3.63) is 33.2 Å². The zero-order valence-corrected chi connectivity index (χ0v) is 13.1. The van der Waals surface area contributed by atoms with Crippen molar-refractivity contribution in [1.29, 1.82) is 0 Å². The van der Waals surface area contributed by atoms with Crippen LogP contribution in [0.25, 0.3) is 0 Å². The fourth-order valence-electron chi connectivity index (χ4n) is 2.02. The van der Waals surface area contributed by atoms with Gasteiger partial charge in [0, 0.05) is 15.8 Å². The second kappa shape index (κ2) is 6.09. The van der Waals surface area contributed by atoms with Crippen molar-refractivity contribution >= 4 is 29.0 Å². The number of thiophene rings is 1. The van der Waals surface area contributed by atoms with Gasteiger partial charge >= 0.3 is 11.8 Å². The van der Waals surface area contributed by atoms with Crippen molar-refractivity contribution in [3.8, 4) is 0 Å². The molecule has 1 atom stereocenters. The maximum absolute atomic E-state index is 11.9. The van der Waals surface area contributed by atoms with Gasteiger partial charge in [0.05, 0.1) is 6.04 Å². The van der Waals surface area contributed by atoms with Crippen molar-refractivity contribution in [1.82, 2.24) is 10.5 Å². The van der Waals surface area contributed by atoms with Crippen LogP contribution in [0, 0.1) is 20.8 Å². The normalized spacial score (nSPS) is 12.0. The molecular formula is C14H17N3O3S. The minimum Gasteiger partial charge on any atom is -0.360 e. The summed E-state index contributed by atoms with van der Waals surface area (Å²) >= 11 is 1.66. The number of amides is 2. The van der Waals surface area contributed by atoms with Gasteiger partial charge in [-0.3, -0.25) is 14.9 Å². The summed E-state index contributed by atoms with van der Waals surface area (Å²) in [7, 11) is 0. The summed E-state index contributed by atoms with van der Waals surface area (Å²) in [4.78, 5) is 26.0. The summed E-state index contributed by atoms with van der Waals surface area (Å²) in [5.41, 5.74) is 1.02. The Kier molecular flexibility index (Phi) is 4.42. The van der Waals surface area contributed by atoms with Crippen LogP contribution in [-0.4, -0.2) is 17.0 Å². The van der Waals surface area contributed by atoms with Crippen LogP contribution < -0.4 is 10.6 Å². The molecule has 0 saturated heterocycles. The maximum Gasteiger partial charge on any atom is 0.314 e. The van der Waals surface area contributed by atoms with Crippen molar-refractivity contribution in [3.63, 3.8) is 0 Å². The molecule has 2 amide bonds. The van der Waals surface area contributed by atoms with Crippen LogP contribution in [0.4, 0.5) is 5.82 Å². The molecule has 7 heteroatoms. The fourth-order valence-corrected chi connectivity index (χ4v) is 3.04. The molecule has 2 rings (SSSR count). The van der Waals surface area contributed by atoms with Gasteiger partial charge in [-0.05, 0) is 39.3 Å². The number of rotatable bonds is 3. The highest BCUT2D eigenvalue weighted by Gasteiger charge is 2.20. The van der Waals surface area contributed by atoms with E-state index in [-0.39, 0.29) is 11.9 Å². The average molecular weight is 307 g/mol. The van der Waals surface area contributed by atoms with E-state index in [1.807, 2.05) is 26.8 Å². The van der Waals surface area contributed by atoms with Gasteiger partial charge in [0.25, 0.3) is 0 Å². The van der Waals surface area contributed by atoms with E-state index in [2.05, 4.69) is 15.8 Å². The predicted molar refractivity (Wildman–Crippen MR) is 80.2 cm³/mol. The highest BCUT2D eigenvalue weighted by atomic mass is 32.1. The van der Waals surface area contributed by atoms with Gasteiger partial charge in [0.2, 0.25) is 0 Å². The van der Waals surface area contributed by atoms with E-state index in [0.29, 0.717) is 5.76 Å². The number of nitrogens with one attached hydrogen (secondary N) is 2. The van der Waals surface area contributed by atoms with Crippen LogP contribution in [0.2, 0.25) is 0 Å². The zero-order valence-electron chi connectivity index (χ0n) is 12.3. The Morgan fingerprint density at radius 2 is 1.95 bits per heavy atom. The fraction of sp³-hybridized carbons (Fsp3) is 0.357. The first-order chi connectivity index (χ1) is 9.86. The SMILES string of the molecule is Cc1cc(NC(=O)C(=O)N[C@H](C)c2cc(C)sc2C)no1. The van der Waals surface area contributed by atoms with Gasteiger partial charge in [-0.25, -0.2) is 0 Å². The number of aromatic nitrogens is 1. The average Bonchev–Trinajstić information content (AvgIpc) is 2.95. The molecule has 0 aliphatic carbocycles. The van der Waals surface area contributed by atoms with E-state index < -0.39 is 11.8 Å². The van der Waals surface area contributed by atoms with Crippen LogP contribution >= 0.6 is 11.3 Å². The number of carbonyl (C=O) groups is 2. The van der Waals surface area contributed by atoms with Crippen LogP contribution in [0.15, 0.2) is 16.7 Å². The first-order valence-corrected chi connectivity index (χ1v) is 7.30. The van der Waals surface area contributed by atoms with E-state index in [1.165, 1.54) is 4.88 Å². The van der Waals surface area contributed by atoms with Crippen molar-refractivity contribution in [2.45, 2.75) is 33.7 Å². The molecule has 0 aromatic carbocycles. The quantitative estimate of drug-likeness (QED) is 0.853. The first kappa shape index (κ1) is 15.2. The van der Waals surface area contributed by atoms with Crippen molar-refractivity contribution in [2.24, 2.45) is 0 Å². The number of aryl methyl sites for hydroxylation is 3. The lowest BCUT2D eigenvalue weighted by atomic mass is 10.1. The van der Waals surface area contributed by atoms with E-state index >= 15 is 0 Å². The van der Waals surface area contributed by atoms with E-state index in [0.717, 1.165) is 10.4 Å². The Labute approximate surface area is 126 Å². The number of nitrogens with zero attached hydrogens (tertiary/aromatic N) is 1. The smallest absolute Gasteiger partial charge is 0.314 e. The first-order valence-electron chi connectivity index (χ1n) is 6.49. The van der Waals surface area contributed by atoms with Crippen LogP contribution in [-0.2, 0) is 9.59 Å². The second-order valence-electron chi connectivity index (χ2n) is 4.84. The monoisotopic (exact) mass is 307 g/mol. The lowest BCUT2D eigenvalue weighted by molar-refractivity contribution is -0.136. The molecule has 21 heavy (non-hydrogen) atoms. The van der Waals surface area contributed by atoms with Crippen LogP contribution in [0.1, 0.15) is 34.0 Å². The summed E-state index contributed by atoms with van der Waals surface area (Å²) in [6, 6.07) is 3.33. The third kappa shape index (κ3) is 3.69. The Morgan fingerprint density at radius 1 is 1.24 bits per heavy atom. The number of hydrogen-bond acceptors (Lipinski definition) is 5. The lowest BCUT2D eigenvalue weighted by Crippen LogP contribution is -2.37. The molecule has 0 fully saturated rings. The summed E-state index contributed by atoms with van der Waals surface area (Å²) in [5.74, 6) is -0.683. The van der Waals surface area contributed by atoms with Gasteiger partial charge in [-0.1, -0.05) is 5.16 Å². The highest BCUT2D eigenvalue weighted by Crippen LogP contribution is 2.26. The predicted octanol–water partition coefficient (Wildman–Crippen LogP) is 2.48. The minimum atomic E-state index is -0.764. The summed E-state index contributed by atoms with van der Waals surface area (Å²) in [5, 5.41) is 8.67. The molecule has 0 aliphatic heterocycles. The Balaban J connectivity index is 1.97. The number of carbonyl (C=O) groups excluding carboxylic acids is 2. The van der Waals surface area contributed by atoms with Crippen LogP contribution in [0.5, 0.6) is 0 Å². The lowest BCUT2D eigenvalue weighted by Gasteiger charge is -2.13. The molecule has 2 N–H and O–H groups in total. The zero-order chi connectivity index (χ0) is 15.6. The summed E-state index contributed by atoms with van der Waals surface area (Å²) in [6.45, 7) is 7.55. The Hall–Kier alpha value is -2.15. The molecule has 0 bridgehead atoms. The number of hydrogen-bond donors (Lipinski definition) is 2. The third-order valence-electron chi connectivity index (χ3n) is 2.97. The Morgan fingerprint density at radius 3 is 2.48 bits per heavy atom. The molecular weight excluding hydrogens is 290 g/mol. The van der Waals surface area contributed by atoms with Crippen LogP contribution in [0.3, 0.4) is 0 Å². The van der Waals surface area contributed by atoms with Gasteiger partial charge < -0.3 is 9.84 Å². The molecule has 2 aromatic heterocycles. The molecule has 0 unspecified atom stereocenters. The molecule has 0 saturated carbocycles. The Bertz CT molecular complexity index is 675. The molecule has 6 nitrogen and oxygen atoms in total. The van der Waals surface area contributed by atoms with E-state index in [4.69, 9.17) is 4.52 Å². The van der Waals surface area contributed by atoms with Gasteiger partial charge in [-0.2, -0.15) is 0 Å².